The molecule has 0 aliphatic heterocycles. The van der Waals surface area contributed by atoms with Crippen molar-refractivity contribution in [1.29, 1.82) is 0 Å². The molecule has 1 rings (SSSR count). The first-order valence-electron chi connectivity index (χ1n) is 5.20. The summed E-state index contributed by atoms with van der Waals surface area (Å²) in [7, 11) is 0. The summed E-state index contributed by atoms with van der Waals surface area (Å²) in [5.41, 5.74) is 5.01. The van der Waals surface area contributed by atoms with Crippen molar-refractivity contribution in [3.63, 3.8) is 0 Å². The lowest BCUT2D eigenvalue weighted by molar-refractivity contribution is -0.133. The number of hydrogen-bond donors (Lipinski definition) is 2. The average molecular weight is 198 g/mol. The van der Waals surface area contributed by atoms with Crippen LogP contribution in [0.2, 0.25) is 0 Å². The van der Waals surface area contributed by atoms with E-state index in [1.807, 2.05) is 27.7 Å². The van der Waals surface area contributed by atoms with E-state index in [1.54, 1.807) is 0 Å². The van der Waals surface area contributed by atoms with E-state index in [9.17, 15) is 4.79 Å². The quantitative estimate of drug-likeness (QED) is 0.720. The lowest BCUT2D eigenvalue weighted by atomic mass is 9.74. The molecule has 0 bridgehead atoms. The Balaban J connectivity index is 2.68. The van der Waals surface area contributed by atoms with Gasteiger partial charge in [-0.05, 0) is 47.5 Å². The normalized spacial score (nSPS) is 20.4. The molecule has 0 atom stereocenters. The van der Waals surface area contributed by atoms with E-state index < -0.39 is 11.0 Å². The number of carbonyl (C=O) groups is 1. The first kappa shape index (κ1) is 11.5. The van der Waals surface area contributed by atoms with Crippen LogP contribution in [0.15, 0.2) is 0 Å². The molecular weight excluding hydrogens is 176 g/mol. The minimum absolute atomic E-state index is 0.0413. The van der Waals surface area contributed by atoms with Crippen LogP contribution in [0.4, 0.5) is 0 Å². The Kier molecular flexibility index (Phi) is 2.43. The molecule has 0 unspecified atom stereocenters. The Labute approximate surface area is 86.4 Å². The van der Waals surface area contributed by atoms with Crippen molar-refractivity contribution in [2.75, 3.05) is 0 Å². The molecule has 1 fully saturated rings. The van der Waals surface area contributed by atoms with Crippen molar-refractivity contribution in [2.45, 2.75) is 58.5 Å². The summed E-state index contributed by atoms with van der Waals surface area (Å²) >= 11 is 0. The van der Waals surface area contributed by atoms with Crippen LogP contribution in [0, 0.1) is 5.41 Å². The van der Waals surface area contributed by atoms with Gasteiger partial charge >= 0.3 is 0 Å². The molecule has 0 aromatic carbocycles. The van der Waals surface area contributed by atoms with Crippen molar-refractivity contribution in [2.24, 2.45) is 11.1 Å². The van der Waals surface area contributed by atoms with Gasteiger partial charge in [-0.3, -0.25) is 4.79 Å². The molecule has 0 saturated heterocycles. The predicted octanol–water partition coefficient (Wildman–Crippen LogP) is 1.42. The summed E-state index contributed by atoms with van der Waals surface area (Å²) in [6.07, 6.45) is 2.17. The van der Waals surface area contributed by atoms with E-state index in [0.717, 1.165) is 12.8 Å². The van der Waals surface area contributed by atoms with E-state index in [1.165, 1.54) is 0 Å². The molecule has 82 valence electrons. The molecule has 14 heavy (non-hydrogen) atoms. The topological polar surface area (TPSA) is 55.1 Å². The van der Waals surface area contributed by atoms with Gasteiger partial charge in [-0.1, -0.05) is 0 Å². The van der Waals surface area contributed by atoms with Crippen LogP contribution in [0.5, 0.6) is 0 Å². The van der Waals surface area contributed by atoms with Gasteiger partial charge in [0.2, 0.25) is 5.91 Å². The van der Waals surface area contributed by atoms with Gasteiger partial charge in [0.1, 0.15) is 0 Å². The molecule has 1 aliphatic rings. The van der Waals surface area contributed by atoms with Gasteiger partial charge in [0.05, 0.1) is 5.41 Å². The van der Waals surface area contributed by atoms with Crippen LogP contribution >= 0.6 is 0 Å². The Morgan fingerprint density at radius 1 is 1.29 bits per heavy atom. The summed E-state index contributed by atoms with van der Waals surface area (Å²) in [6, 6.07) is 0. The summed E-state index contributed by atoms with van der Waals surface area (Å²) in [4.78, 5) is 12.0. The molecule has 0 aromatic heterocycles. The first-order valence-corrected chi connectivity index (χ1v) is 5.20. The van der Waals surface area contributed by atoms with Gasteiger partial charge < -0.3 is 11.1 Å². The molecule has 3 heteroatoms. The molecule has 0 aromatic rings. The van der Waals surface area contributed by atoms with Crippen LogP contribution in [-0.4, -0.2) is 17.0 Å². The van der Waals surface area contributed by atoms with Crippen LogP contribution in [0.1, 0.15) is 47.5 Å². The molecule has 1 aliphatic carbocycles. The molecule has 0 heterocycles. The van der Waals surface area contributed by atoms with Crippen molar-refractivity contribution >= 4 is 5.91 Å². The molecule has 1 amide bonds. The largest absolute Gasteiger partial charge is 0.350 e. The fourth-order valence-corrected chi connectivity index (χ4v) is 1.04. The Hall–Kier alpha value is -0.570. The molecule has 1 saturated carbocycles. The van der Waals surface area contributed by atoms with E-state index in [0.29, 0.717) is 0 Å². The monoisotopic (exact) mass is 198 g/mol. The second-order valence-electron chi connectivity index (χ2n) is 5.86. The molecule has 0 spiro atoms. The van der Waals surface area contributed by atoms with E-state index in [-0.39, 0.29) is 11.4 Å². The number of amides is 1. The Morgan fingerprint density at radius 3 is 2.00 bits per heavy atom. The minimum atomic E-state index is -0.529. The fraction of sp³-hybridized carbons (Fsp3) is 0.909. The number of nitrogens with two attached hydrogens (primary N) is 1. The third-order valence-electron chi connectivity index (χ3n) is 3.59. The smallest absolute Gasteiger partial charge is 0.227 e. The highest BCUT2D eigenvalue weighted by molar-refractivity contribution is 5.84. The minimum Gasteiger partial charge on any atom is -0.350 e. The maximum Gasteiger partial charge on any atom is 0.227 e. The van der Waals surface area contributed by atoms with Gasteiger partial charge in [0.25, 0.3) is 0 Å². The molecule has 0 radical (unpaired) electrons. The molecule has 3 N–H and O–H groups in total. The predicted molar refractivity (Wildman–Crippen MR) is 57.8 cm³/mol. The van der Waals surface area contributed by atoms with E-state index >= 15 is 0 Å². The van der Waals surface area contributed by atoms with E-state index in [4.69, 9.17) is 5.73 Å². The second-order valence-corrected chi connectivity index (χ2v) is 5.86. The number of rotatable bonds is 3. The Morgan fingerprint density at radius 2 is 1.71 bits per heavy atom. The number of hydrogen-bond acceptors (Lipinski definition) is 2. The third kappa shape index (κ3) is 2.08. The van der Waals surface area contributed by atoms with Gasteiger partial charge in [-0.15, -0.1) is 0 Å². The number of carbonyl (C=O) groups excluding carboxylic acids is 1. The highest BCUT2D eigenvalue weighted by Crippen LogP contribution is 2.37. The summed E-state index contributed by atoms with van der Waals surface area (Å²) in [5, 5.41) is 3.06. The van der Waals surface area contributed by atoms with Gasteiger partial charge in [-0.2, -0.15) is 0 Å². The van der Waals surface area contributed by atoms with Gasteiger partial charge in [0, 0.05) is 11.1 Å². The molecular formula is C11H22N2O. The lowest BCUT2D eigenvalue weighted by Crippen LogP contribution is -2.57. The zero-order chi connectivity index (χ0) is 11.2. The SMILES string of the molecule is CC1(NC(=O)C(C)(C)C(C)(C)N)CC1. The van der Waals surface area contributed by atoms with Crippen molar-refractivity contribution < 1.29 is 4.79 Å². The lowest BCUT2D eigenvalue weighted by Gasteiger charge is -2.37. The van der Waals surface area contributed by atoms with Gasteiger partial charge in [-0.25, -0.2) is 0 Å². The Bertz CT molecular complexity index is 247. The average Bonchev–Trinajstić information content (AvgIpc) is 2.65. The first-order chi connectivity index (χ1) is 6.08. The van der Waals surface area contributed by atoms with Crippen LogP contribution in [-0.2, 0) is 4.79 Å². The number of nitrogens with one attached hydrogen (secondary N) is 1. The van der Waals surface area contributed by atoms with E-state index in [2.05, 4.69) is 12.2 Å². The third-order valence-corrected chi connectivity index (χ3v) is 3.59. The summed E-state index contributed by atoms with van der Waals surface area (Å²) in [6.45, 7) is 9.65. The molecule has 3 nitrogen and oxygen atoms in total. The highest BCUT2D eigenvalue weighted by Gasteiger charge is 2.46. The fourth-order valence-electron chi connectivity index (χ4n) is 1.04. The van der Waals surface area contributed by atoms with Crippen LogP contribution in [0.3, 0.4) is 0 Å². The van der Waals surface area contributed by atoms with Crippen molar-refractivity contribution in [3.8, 4) is 0 Å². The zero-order valence-electron chi connectivity index (χ0n) is 9.90. The van der Waals surface area contributed by atoms with Gasteiger partial charge in [0.15, 0.2) is 0 Å². The summed E-state index contributed by atoms with van der Waals surface area (Å²) < 4.78 is 0. The van der Waals surface area contributed by atoms with Crippen LogP contribution < -0.4 is 11.1 Å². The van der Waals surface area contributed by atoms with Crippen molar-refractivity contribution in [3.05, 3.63) is 0 Å². The zero-order valence-corrected chi connectivity index (χ0v) is 9.90. The van der Waals surface area contributed by atoms with Crippen LogP contribution in [0.25, 0.3) is 0 Å². The second kappa shape index (κ2) is 2.96. The maximum absolute atomic E-state index is 12.0. The maximum atomic E-state index is 12.0. The summed E-state index contributed by atoms with van der Waals surface area (Å²) in [5.74, 6) is 0.0602. The highest BCUT2D eigenvalue weighted by atomic mass is 16.2. The van der Waals surface area contributed by atoms with Crippen molar-refractivity contribution in [1.82, 2.24) is 5.32 Å². The standard InChI is InChI=1S/C11H22N2O/c1-9(2,10(3,4)12)8(14)13-11(5)6-7-11/h6-7,12H2,1-5H3,(H,13,14).